The number of amides is 2. The molecule has 1 aliphatic carbocycles. The molecule has 0 spiro atoms. The summed E-state index contributed by atoms with van der Waals surface area (Å²) in [6, 6.07) is 8.00. The highest BCUT2D eigenvalue weighted by Gasteiger charge is 2.27. The average molecular weight is 331 g/mol. The molecule has 2 amide bonds. The lowest BCUT2D eigenvalue weighted by Crippen LogP contribution is -2.37. The van der Waals surface area contributed by atoms with Gasteiger partial charge in [0.15, 0.2) is 0 Å². The minimum absolute atomic E-state index is 0.111. The van der Waals surface area contributed by atoms with Gasteiger partial charge in [0.1, 0.15) is 0 Å². The van der Waals surface area contributed by atoms with E-state index in [2.05, 4.69) is 22.3 Å². The van der Waals surface area contributed by atoms with Gasteiger partial charge in [0, 0.05) is 44.0 Å². The third kappa shape index (κ3) is 4.20. The standard InChI is InChI=1S/C19H29N3O2/c1-21(14-15-6-5-7-18(15)23)19(24)20-16-8-10-17(11-9-16)22-12-3-2-4-13-22/h8-11,15,18,23H,2-7,12-14H2,1H3,(H,20,24). The van der Waals surface area contributed by atoms with Gasteiger partial charge >= 0.3 is 6.03 Å². The molecule has 1 heterocycles. The van der Waals surface area contributed by atoms with E-state index in [1.165, 1.54) is 24.9 Å². The SMILES string of the molecule is CN(CC1CCCC1O)C(=O)Nc1ccc(N2CCCCC2)cc1. The number of nitrogens with zero attached hydrogens (tertiary/aromatic N) is 2. The molecule has 0 bridgehead atoms. The average Bonchev–Trinajstić information content (AvgIpc) is 3.01. The molecule has 132 valence electrons. The van der Waals surface area contributed by atoms with Crippen LogP contribution in [0, 0.1) is 5.92 Å². The van der Waals surface area contributed by atoms with Crippen molar-refractivity contribution in [2.75, 3.05) is 36.9 Å². The Hall–Kier alpha value is -1.75. The predicted molar refractivity (Wildman–Crippen MR) is 97.5 cm³/mol. The van der Waals surface area contributed by atoms with E-state index < -0.39 is 0 Å². The maximum atomic E-state index is 12.3. The molecule has 1 saturated carbocycles. The minimum atomic E-state index is -0.260. The number of anilines is 2. The van der Waals surface area contributed by atoms with Crippen LogP contribution in [0.1, 0.15) is 38.5 Å². The fourth-order valence-corrected chi connectivity index (χ4v) is 3.79. The van der Waals surface area contributed by atoms with Crippen LogP contribution in [0.5, 0.6) is 0 Å². The minimum Gasteiger partial charge on any atom is -0.393 e. The second-order valence-corrected chi connectivity index (χ2v) is 7.16. The number of carbonyl (C=O) groups is 1. The molecule has 0 aromatic heterocycles. The van der Waals surface area contributed by atoms with Crippen LogP contribution in [0.4, 0.5) is 16.2 Å². The lowest BCUT2D eigenvalue weighted by atomic mass is 10.1. The van der Waals surface area contributed by atoms with Gasteiger partial charge in [0.05, 0.1) is 6.10 Å². The van der Waals surface area contributed by atoms with E-state index in [4.69, 9.17) is 0 Å². The highest BCUT2D eigenvalue weighted by Crippen LogP contribution is 2.26. The number of aliphatic hydroxyl groups is 1. The van der Waals surface area contributed by atoms with Gasteiger partial charge in [0.2, 0.25) is 0 Å². The third-order valence-electron chi connectivity index (χ3n) is 5.31. The lowest BCUT2D eigenvalue weighted by Gasteiger charge is -2.29. The Bertz CT molecular complexity index is 540. The predicted octanol–water partition coefficient (Wildman–Crippen LogP) is 3.30. The number of rotatable bonds is 4. The number of urea groups is 1. The first-order valence-electron chi connectivity index (χ1n) is 9.18. The number of nitrogens with one attached hydrogen (secondary N) is 1. The second kappa shape index (κ2) is 7.88. The second-order valence-electron chi connectivity index (χ2n) is 7.16. The van der Waals surface area contributed by atoms with Gasteiger partial charge in [0.25, 0.3) is 0 Å². The first-order chi connectivity index (χ1) is 11.6. The van der Waals surface area contributed by atoms with Gasteiger partial charge in [-0.3, -0.25) is 0 Å². The third-order valence-corrected chi connectivity index (χ3v) is 5.31. The summed E-state index contributed by atoms with van der Waals surface area (Å²) in [5, 5.41) is 12.8. The highest BCUT2D eigenvalue weighted by atomic mass is 16.3. The molecule has 1 aromatic rings. The van der Waals surface area contributed by atoms with Crippen molar-refractivity contribution in [3.63, 3.8) is 0 Å². The van der Waals surface area contributed by atoms with Crippen molar-refractivity contribution >= 4 is 17.4 Å². The highest BCUT2D eigenvalue weighted by molar-refractivity contribution is 5.89. The van der Waals surface area contributed by atoms with Gasteiger partial charge in [-0.15, -0.1) is 0 Å². The summed E-state index contributed by atoms with van der Waals surface area (Å²) in [5.41, 5.74) is 2.05. The van der Waals surface area contributed by atoms with Crippen LogP contribution in [0.15, 0.2) is 24.3 Å². The van der Waals surface area contributed by atoms with E-state index in [0.29, 0.717) is 6.54 Å². The van der Waals surface area contributed by atoms with Crippen molar-refractivity contribution in [2.45, 2.75) is 44.6 Å². The Kier molecular flexibility index (Phi) is 5.61. The van der Waals surface area contributed by atoms with Crippen molar-refractivity contribution < 1.29 is 9.90 Å². The van der Waals surface area contributed by atoms with E-state index >= 15 is 0 Å². The smallest absolute Gasteiger partial charge is 0.321 e. The Balaban J connectivity index is 1.52. The summed E-state index contributed by atoms with van der Waals surface area (Å²) in [4.78, 5) is 16.4. The zero-order valence-corrected chi connectivity index (χ0v) is 14.6. The topological polar surface area (TPSA) is 55.8 Å². The molecule has 2 aliphatic rings. The van der Waals surface area contributed by atoms with E-state index in [9.17, 15) is 9.90 Å². The maximum absolute atomic E-state index is 12.3. The maximum Gasteiger partial charge on any atom is 0.321 e. The molecule has 2 N–H and O–H groups in total. The first kappa shape index (κ1) is 17.1. The zero-order valence-electron chi connectivity index (χ0n) is 14.6. The Morgan fingerprint density at radius 3 is 2.50 bits per heavy atom. The van der Waals surface area contributed by atoms with Gasteiger partial charge in [-0.05, 0) is 56.4 Å². The molecular weight excluding hydrogens is 302 g/mol. The number of piperidine rings is 1. The summed E-state index contributed by atoms with van der Waals surface area (Å²) in [7, 11) is 1.79. The number of benzene rings is 1. The monoisotopic (exact) mass is 331 g/mol. The molecule has 5 nitrogen and oxygen atoms in total. The Labute approximate surface area is 144 Å². The van der Waals surface area contributed by atoms with Gasteiger partial charge in [-0.1, -0.05) is 6.42 Å². The molecular formula is C19H29N3O2. The fourth-order valence-electron chi connectivity index (χ4n) is 3.79. The Morgan fingerprint density at radius 2 is 1.88 bits per heavy atom. The summed E-state index contributed by atoms with van der Waals surface area (Å²) in [6.07, 6.45) is 6.50. The van der Waals surface area contributed by atoms with E-state index in [0.717, 1.165) is 38.0 Å². The van der Waals surface area contributed by atoms with E-state index in [-0.39, 0.29) is 18.1 Å². The van der Waals surface area contributed by atoms with Crippen LogP contribution in [0.25, 0.3) is 0 Å². The van der Waals surface area contributed by atoms with Crippen molar-refractivity contribution in [1.82, 2.24) is 4.90 Å². The number of carbonyl (C=O) groups excluding carboxylic acids is 1. The molecule has 1 aromatic carbocycles. The molecule has 1 aliphatic heterocycles. The molecule has 3 rings (SSSR count). The van der Waals surface area contributed by atoms with Gasteiger partial charge in [-0.25, -0.2) is 4.79 Å². The molecule has 24 heavy (non-hydrogen) atoms. The van der Waals surface area contributed by atoms with E-state index in [1.54, 1.807) is 11.9 Å². The number of hydrogen-bond donors (Lipinski definition) is 2. The fraction of sp³-hybridized carbons (Fsp3) is 0.632. The van der Waals surface area contributed by atoms with Crippen molar-refractivity contribution in [3.8, 4) is 0 Å². The van der Waals surface area contributed by atoms with Gasteiger partial charge in [-0.2, -0.15) is 0 Å². The summed E-state index contributed by atoms with van der Waals surface area (Å²) in [5.74, 6) is 0.210. The first-order valence-corrected chi connectivity index (χ1v) is 9.18. The largest absolute Gasteiger partial charge is 0.393 e. The van der Waals surface area contributed by atoms with Crippen molar-refractivity contribution in [2.24, 2.45) is 5.92 Å². The zero-order chi connectivity index (χ0) is 16.9. The van der Waals surface area contributed by atoms with Crippen LogP contribution >= 0.6 is 0 Å². The van der Waals surface area contributed by atoms with Crippen LogP contribution in [-0.2, 0) is 0 Å². The molecule has 2 fully saturated rings. The van der Waals surface area contributed by atoms with Crippen LogP contribution in [-0.4, -0.2) is 48.8 Å². The number of aliphatic hydroxyl groups excluding tert-OH is 1. The molecule has 2 unspecified atom stereocenters. The van der Waals surface area contributed by atoms with Gasteiger partial charge < -0.3 is 20.2 Å². The molecule has 5 heteroatoms. The van der Waals surface area contributed by atoms with Crippen LogP contribution in [0.3, 0.4) is 0 Å². The van der Waals surface area contributed by atoms with Crippen molar-refractivity contribution in [1.29, 1.82) is 0 Å². The summed E-state index contributed by atoms with van der Waals surface area (Å²) >= 11 is 0. The van der Waals surface area contributed by atoms with Crippen LogP contribution in [0.2, 0.25) is 0 Å². The summed E-state index contributed by atoms with van der Waals surface area (Å²) < 4.78 is 0. The van der Waals surface area contributed by atoms with Crippen LogP contribution < -0.4 is 10.2 Å². The molecule has 0 radical (unpaired) electrons. The molecule has 2 atom stereocenters. The van der Waals surface area contributed by atoms with Crippen molar-refractivity contribution in [3.05, 3.63) is 24.3 Å². The summed E-state index contributed by atoms with van der Waals surface area (Å²) in [6.45, 7) is 2.86. The molecule has 1 saturated heterocycles. The number of hydrogen-bond acceptors (Lipinski definition) is 3. The quantitative estimate of drug-likeness (QED) is 0.890. The normalized spacial score (nSPS) is 24.0. The Morgan fingerprint density at radius 1 is 1.17 bits per heavy atom. The van der Waals surface area contributed by atoms with E-state index in [1.807, 2.05) is 12.1 Å². The lowest BCUT2D eigenvalue weighted by molar-refractivity contribution is 0.116.